The van der Waals surface area contributed by atoms with Crippen LogP contribution >= 0.6 is 0 Å². The van der Waals surface area contributed by atoms with Gasteiger partial charge in [-0.2, -0.15) is 0 Å². The van der Waals surface area contributed by atoms with E-state index in [1.807, 2.05) is 13.8 Å². The minimum atomic E-state index is -0.999. The number of halogens is 2. The minimum Gasteiger partial charge on any atom is -0.275 e. The highest BCUT2D eigenvalue weighted by Gasteiger charge is 2.23. The molecule has 0 N–H and O–H groups in total. The highest BCUT2D eigenvalue weighted by Crippen LogP contribution is 2.29. The molecule has 1 unspecified atom stereocenters. The lowest BCUT2D eigenvalue weighted by atomic mass is 10.0. The van der Waals surface area contributed by atoms with Crippen LogP contribution < -0.4 is 0 Å². The molecule has 4 rings (SSSR count). The molecule has 0 fully saturated rings. The molecule has 1 atom stereocenters. The molecule has 1 aliphatic rings. The topological polar surface area (TPSA) is 85.2 Å². The summed E-state index contributed by atoms with van der Waals surface area (Å²) in [5.74, 6) is -1.83. The van der Waals surface area contributed by atoms with Crippen molar-refractivity contribution in [3.63, 3.8) is 0 Å². The van der Waals surface area contributed by atoms with E-state index in [9.17, 15) is 22.6 Å². The molecule has 0 saturated heterocycles. The average molecular weight is 501 g/mol. The van der Waals surface area contributed by atoms with E-state index < -0.39 is 34.2 Å². The normalized spacial score (nSPS) is 15.0. The van der Waals surface area contributed by atoms with Crippen LogP contribution in [0.3, 0.4) is 0 Å². The van der Waals surface area contributed by atoms with Gasteiger partial charge in [0.05, 0.1) is 18.4 Å². The van der Waals surface area contributed by atoms with Gasteiger partial charge in [0.1, 0.15) is 17.3 Å². The quantitative estimate of drug-likeness (QED) is 0.522. The van der Waals surface area contributed by atoms with Crippen LogP contribution in [-0.2, 0) is 22.1 Å². The molecule has 7 nitrogen and oxygen atoms in total. The minimum absolute atomic E-state index is 0.108. The number of nitrogens with zero attached hydrogens (tertiary/aromatic N) is 4. The van der Waals surface area contributed by atoms with Crippen molar-refractivity contribution in [2.75, 3.05) is 11.5 Å². The Bertz CT molecular complexity index is 1250. The van der Waals surface area contributed by atoms with Crippen LogP contribution in [-0.4, -0.2) is 47.4 Å². The summed E-state index contributed by atoms with van der Waals surface area (Å²) >= 11 is 0. The van der Waals surface area contributed by atoms with Crippen LogP contribution in [0, 0.1) is 11.6 Å². The van der Waals surface area contributed by atoms with Gasteiger partial charge in [-0.25, -0.2) is 13.5 Å². The number of hydrogen-bond acceptors (Lipinski definition) is 5. The van der Waals surface area contributed by atoms with Crippen LogP contribution in [0.5, 0.6) is 0 Å². The standard InChI is InChI=1S/C23H20F2N4O3S.C2H6/c1-15(30)28(23(31)17-5-3-2-4-6-17)13-18-14-29(27-26-18)19-11-20(24)22(21(25)12-19)16-7-9-33(32)10-8-16;1-2/h2-7,11-12,14H,8-10,13H2,1H3;1-2H3. The number of carbonyl (C=O) groups is 2. The molecule has 0 saturated carbocycles. The third-order valence-electron chi connectivity index (χ3n) is 5.23. The Morgan fingerprint density at radius 3 is 2.34 bits per heavy atom. The number of aromatic nitrogens is 3. The Morgan fingerprint density at radius 2 is 1.77 bits per heavy atom. The van der Waals surface area contributed by atoms with E-state index in [0.29, 0.717) is 23.3 Å². The molecule has 2 amide bonds. The molecular formula is C25H26F2N4O3S. The van der Waals surface area contributed by atoms with Crippen LogP contribution in [0.15, 0.2) is 54.7 Å². The average Bonchev–Trinajstić information content (AvgIpc) is 3.33. The van der Waals surface area contributed by atoms with Gasteiger partial charge in [-0.1, -0.05) is 43.3 Å². The smallest absolute Gasteiger partial charge is 0.260 e. The summed E-state index contributed by atoms with van der Waals surface area (Å²) in [5.41, 5.74) is 1.09. The monoisotopic (exact) mass is 500 g/mol. The van der Waals surface area contributed by atoms with Crippen molar-refractivity contribution in [3.8, 4) is 5.69 Å². The molecule has 10 heteroatoms. The lowest BCUT2D eigenvalue weighted by molar-refractivity contribution is -0.126. The Kier molecular flexibility index (Phi) is 8.75. The zero-order chi connectivity index (χ0) is 25.5. The number of carbonyl (C=O) groups excluding carboxylic acids is 2. The predicted octanol–water partition coefficient (Wildman–Crippen LogP) is 4.30. The van der Waals surface area contributed by atoms with Crippen molar-refractivity contribution in [2.45, 2.75) is 33.7 Å². The SMILES string of the molecule is CC.CC(=O)N(Cc1cn(-c2cc(F)c(C3=CCS(=O)CC3)c(F)c2)nn1)C(=O)c1ccccc1. The molecule has 3 aromatic rings. The first kappa shape index (κ1) is 26.1. The Morgan fingerprint density at radius 1 is 1.11 bits per heavy atom. The zero-order valence-electron chi connectivity index (χ0n) is 19.7. The van der Waals surface area contributed by atoms with Crippen molar-refractivity contribution >= 4 is 28.2 Å². The second-order valence-corrected chi connectivity index (χ2v) is 9.13. The van der Waals surface area contributed by atoms with Gasteiger partial charge in [0, 0.05) is 52.5 Å². The first-order valence-electron chi connectivity index (χ1n) is 11.2. The number of imide groups is 1. The van der Waals surface area contributed by atoms with Gasteiger partial charge in [0.15, 0.2) is 0 Å². The summed E-state index contributed by atoms with van der Waals surface area (Å²) < 4.78 is 42.2. The van der Waals surface area contributed by atoms with Gasteiger partial charge in [0.2, 0.25) is 5.91 Å². The summed E-state index contributed by atoms with van der Waals surface area (Å²) in [6.07, 6.45) is 3.35. The van der Waals surface area contributed by atoms with Gasteiger partial charge < -0.3 is 0 Å². The molecule has 0 radical (unpaired) electrons. The number of benzene rings is 2. The van der Waals surface area contributed by atoms with E-state index in [2.05, 4.69) is 10.3 Å². The molecule has 35 heavy (non-hydrogen) atoms. The summed E-state index contributed by atoms with van der Waals surface area (Å²) in [6.45, 7) is 5.13. The van der Waals surface area contributed by atoms with Gasteiger partial charge in [-0.05, 0) is 24.1 Å². The van der Waals surface area contributed by atoms with E-state index in [4.69, 9.17) is 0 Å². The third kappa shape index (κ3) is 6.13. The summed E-state index contributed by atoms with van der Waals surface area (Å²) in [5, 5.41) is 7.84. The van der Waals surface area contributed by atoms with Crippen LogP contribution in [0.25, 0.3) is 11.3 Å². The first-order valence-corrected chi connectivity index (χ1v) is 12.6. The maximum atomic E-state index is 14.8. The number of amides is 2. The summed E-state index contributed by atoms with van der Waals surface area (Å²) in [4.78, 5) is 25.8. The Hall–Kier alpha value is -3.53. The number of hydrogen-bond donors (Lipinski definition) is 0. The van der Waals surface area contributed by atoms with Crippen LogP contribution in [0.2, 0.25) is 0 Å². The lowest BCUT2D eigenvalue weighted by Gasteiger charge is -2.17. The molecule has 0 aliphatic carbocycles. The zero-order valence-corrected chi connectivity index (χ0v) is 20.5. The fourth-order valence-electron chi connectivity index (χ4n) is 3.55. The van der Waals surface area contributed by atoms with Crippen LogP contribution in [0.4, 0.5) is 8.78 Å². The van der Waals surface area contributed by atoms with Crippen LogP contribution in [0.1, 0.15) is 48.8 Å². The van der Waals surface area contributed by atoms with E-state index in [0.717, 1.165) is 17.0 Å². The summed E-state index contributed by atoms with van der Waals surface area (Å²) in [7, 11) is -0.999. The fraction of sp³-hybridized carbons (Fsp3) is 0.280. The summed E-state index contributed by atoms with van der Waals surface area (Å²) in [6, 6.07) is 10.6. The van der Waals surface area contributed by atoms with Gasteiger partial charge in [-0.15, -0.1) is 5.10 Å². The van der Waals surface area contributed by atoms with E-state index >= 15 is 0 Å². The maximum absolute atomic E-state index is 14.8. The molecule has 2 heterocycles. The highest BCUT2D eigenvalue weighted by molar-refractivity contribution is 7.85. The van der Waals surface area contributed by atoms with Crippen molar-refractivity contribution in [3.05, 3.63) is 83.2 Å². The first-order chi connectivity index (χ1) is 16.8. The lowest BCUT2D eigenvalue weighted by Crippen LogP contribution is -2.34. The number of rotatable bonds is 5. The molecule has 2 aromatic carbocycles. The molecule has 1 aromatic heterocycles. The van der Waals surface area contributed by atoms with E-state index in [1.54, 1.807) is 36.4 Å². The highest BCUT2D eigenvalue weighted by atomic mass is 32.2. The number of allylic oxidation sites excluding steroid dienone is 1. The third-order valence-corrected chi connectivity index (χ3v) is 6.43. The van der Waals surface area contributed by atoms with E-state index in [-0.39, 0.29) is 29.2 Å². The van der Waals surface area contributed by atoms with E-state index in [1.165, 1.54) is 17.8 Å². The van der Waals surface area contributed by atoms with Crippen molar-refractivity contribution < 1.29 is 22.6 Å². The largest absolute Gasteiger partial charge is 0.275 e. The van der Waals surface area contributed by atoms with Crippen molar-refractivity contribution in [1.29, 1.82) is 0 Å². The fourth-order valence-corrected chi connectivity index (χ4v) is 4.55. The van der Waals surface area contributed by atoms with Crippen molar-refractivity contribution in [1.82, 2.24) is 19.9 Å². The predicted molar refractivity (Wildman–Crippen MR) is 130 cm³/mol. The molecule has 1 aliphatic heterocycles. The molecular weight excluding hydrogens is 474 g/mol. The second kappa shape index (κ2) is 11.7. The maximum Gasteiger partial charge on any atom is 0.260 e. The molecule has 0 bridgehead atoms. The second-order valence-electron chi connectivity index (χ2n) is 7.51. The van der Waals surface area contributed by atoms with Gasteiger partial charge in [0.25, 0.3) is 5.91 Å². The van der Waals surface area contributed by atoms with Gasteiger partial charge in [-0.3, -0.25) is 18.7 Å². The molecule has 0 spiro atoms. The Labute approximate surface area is 204 Å². The van der Waals surface area contributed by atoms with Crippen molar-refractivity contribution in [2.24, 2.45) is 0 Å². The van der Waals surface area contributed by atoms with Gasteiger partial charge >= 0.3 is 0 Å². The molecule has 184 valence electrons. The Balaban J connectivity index is 0.00000167.